The second-order valence-electron chi connectivity index (χ2n) is 2.38. The molecule has 0 aromatic carbocycles. The van der Waals surface area contributed by atoms with Gasteiger partial charge in [-0.15, -0.1) is 0 Å². The predicted molar refractivity (Wildman–Crippen MR) is 44.3 cm³/mol. The van der Waals surface area contributed by atoms with Crippen LogP contribution in [0, 0.1) is 0 Å². The summed E-state index contributed by atoms with van der Waals surface area (Å²) in [5.41, 5.74) is 0.916. The Morgan fingerprint density at radius 3 is 3.08 bits per heavy atom. The molecule has 0 fully saturated rings. The molecule has 1 heterocycles. The number of carbonyl (C=O) groups is 1. The zero-order valence-electron chi connectivity index (χ0n) is 6.99. The quantitative estimate of drug-likeness (QED) is 0.637. The Labute approximate surface area is 71.4 Å². The average molecular weight is 165 g/mol. The second-order valence-corrected chi connectivity index (χ2v) is 2.38. The number of rotatable bonds is 3. The molecule has 0 unspecified atom stereocenters. The van der Waals surface area contributed by atoms with Crippen molar-refractivity contribution in [3.8, 4) is 0 Å². The van der Waals surface area contributed by atoms with E-state index in [-0.39, 0.29) is 5.97 Å². The van der Waals surface area contributed by atoms with Gasteiger partial charge in [-0.1, -0.05) is 13.0 Å². The van der Waals surface area contributed by atoms with Crippen molar-refractivity contribution in [3.63, 3.8) is 0 Å². The fraction of sp³-hybridized carbons (Fsp3) is 0.333. The van der Waals surface area contributed by atoms with Crippen LogP contribution in [0.2, 0.25) is 0 Å². The third-order valence-corrected chi connectivity index (χ3v) is 1.41. The molecule has 0 saturated carbocycles. The molecule has 0 spiro atoms. The number of carbonyl (C=O) groups excluding carboxylic acids is 1. The van der Waals surface area contributed by atoms with Crippen LogP contribution < -0.4 is 0 Å². The molecular weight excluding hydrogens is 154 g/mol. The number of ether oxygens (including phenoxy) is 1. The van der Waals surface area contributed by atoms with Crippen molar-refractivity contribution in [1.29, 1.82) is 0 Å². The highest BCUT2D eigenvalue weighted by molar-refractivity contribution is 5.68. The van der Waals surface area contributed by atoms with Crippen LogP contribution in [0.4, 0.5) is 0 Å². The Morgan fingerprint density at radius 2 is 2.50 bits per heavy atom. The van der Waals surface area contributed by atoms with Crippen molar-refractivity contribution in [2.75, 3.05) is 0 Å². The van der Waals surface area contributed by atoms with Gasteiger partial charge in [0.2, 0.25) is 0 Å². The third-order valence-electron chi connectivity index (χ3n) is 1.41. The maximum Gasteiger partial charge on any atom is 0.305 e. The van der Waals surface area contributed by atoms with Gasteiger partial charge in [0.15, 0.2) is 0 Å². The second kappa shape index (κ2) is 4.49. The lowest BCUT2D eigenvalue weighted by atomic mass is 10.3. The van der Waals surface area contributed by atoms with E-state index in [2.05, 4.69) is 4.98 Å². The van der Waals surface area contributed by atoms with E-state index in [1.54, 1.807) is 19.3 Å². The highest BCUT2D eigenvalue weighted by Gasteiger charge is 1.98. The molecule has 0 aliphatic heterocycles. The van der Waals surface area contributed by atoms with Crippen molar-refractivity contribution in [2.45, 2.75) is 20.0 Å². The summed E-state index contributed by atoms with van der Waals surface area (Å²) in [5, 5.41) is 0. The molecule has 0 amide bonds. The summed E-state index contributed by atoms with van der Waals surface area (Å²) in [4.78, 5) is 14.6. The fourth-order valence-corrected chi connectivity index (χ4v) is 0.749. The van der Waals surface area contributed by atoms with Crippen LogP contribution in [0.25, 0.3) is 0 Å². The van der Waals surface area contributed by atoms with Gasteiger partial charge < -0.3 is 4.74 Å². The van der Waals surface area contributed by atoms with E-state index in [1.165, 1.54) is 0 Å². The van der Waals surface area contributed by atoms with Crippen LogP contribution in [-0.2, 0) is 16.1 Å². The lowest BCUT2D eigenvalue weighted by Crippen LogP contribution is -2.02. The molecule has 0 bridgehead atoms. The minimum atomic E-state index is -0.182. The fourth-order valence-electron chi connectivity index (χ4n) is 0.749. The van der Waals surface area contributed by atoms with Gasteiger partial charge in [0.25, 0.3) is 0 Å². The molecule has 3 nitrogen and oxygen atoms in total. The average Bonchev–Trinajstić information content (AvgIpc) is 2.16. The van der Waals surface area contributed by atoms with Crippen LogP contribution in [0.5, 0.6) is 0 Å². The minimum absolute atomic E-state index is 0.182. The Morgan fingerprint density at radius 1 is 1.67 bits per heavy atom. The maximum absolute atomic E-state index is 10.7. The molecule has 12 heavy (non-hydrogen) atoms. The monoisotopic (exact) mass is 165 g/mol. The number of pyridine rings is 1. The molecule has 0 aliphatic carbocycles. The molecule has 3 heteroatoms. The van der Waals surface area contributed by atoms with Crippen molar-refractivity contribution in [2.24, 2.45) is 0 Å². The summed E-state index contributed by atoms with van der Waals surface area (Å²) < 4.78 is 4.90. The number of hydrogen-bond donors (Lipinski definition) is 0. The summed E-state index contributed by atoms with van der Waals surface area (Å²) in [7, 11) is 0. The number of aromatic nitrogens is 1. The lowest BCUT2D eigenvalue weighted by molar-refractivity contribution is -0.144. The summed E-state index contributed by atoms with van der Waals surface area (Å²) in [6.45, 7) is 2.09. The highest BCUT2D eigenvalue weighted by atomic mass is 16.5. The zero-order valence-corrected chi connectivity index (χ0v) is 6.99. The molecular formula is C9H11NO2. The van der Waals surface area contributed by atoms with Gasteiger partial charge in [-0.2, -0.15) is 0 Å². The first-order chi connectivity index (χ1) is 5.83. The van der Waals surface area contributed by atoms with E-state index >= 15 is 0 Å². The van der Waals surface area contributed by atoms with Crippen molar-refractivity contribution < 1.29 is 9.53 Å². The van der Waals surface area contributed by atoms with E-state index in [0.717, 1.165) is 5.56 Å². The molecule has 0 N–H and O–H groups in total. The smallest absolute Gasteiger partial charge is 0.305 e. The Bertz CT molecular complexity index is 246. The molecule has 64 valence electrons. The molecule has 0 aliphatic rings. The Balaban J connectivity index is 2.38. The van der Waals surface area contributed by atoms with Crippen LogP contribution in [-0.4, -0.2) is 11.0 Å². The van der Waals surface area contributed by atoms with Gasteiger partial charge in [0, 0.05) is 24.4 Å². The van der Waals surface area contributed by atoms with Crippen LogP contribution >= 0.6 is 0 Å². The first kappa shape index (κ1) is 8.71. The summed E-state index contributed by atoms with van der Waals surface area (Å²) in [6.07, 6.45) is 3.79. The topological polar surface area (TPSA) is 39.2 Å². The number of nitrogens with zero attached hydrogens (tertiary/aromatic N) is 1. The molecule has 1 aromatic heterocycles. The van der Waals surface area contributed by atoms with E-state index < -0.39 is 0 Å². The Kier molecular flexibility index (Phi) is 3.26. The van der Waals surface area contributed by atoms with Crippen LogP contribution in [0.3, 0.4) is 0 Å². The predicted octanol–water partition coefficient (Wildman–Crippen LogP) is 1.53. The van der Waals surface area contributed by atoms with Crippen LogP contribution in [0.1, 0.15) is 18.9 Å². The molecule has 1 aromatic rings. The van der Waals surface area contributed by atoms with Gasteiger partial charge in [0.05, 0.1) is 0 Å². The summed E-state index contributed by atoms with van der Waals surface area (Å²) in [6, 6.07) is 3.69. The molecule has 0 radical (unpaired) electrons. The number of hydrogen-bond acceptors (Lipinski definition) is 3. The molecule has 0 atom stereocenters. The lowest BCUT2D eigenvalue weighted by Gasteiger charge is -2.01. The minimum Gasteiger partial charge on any atom is -0.461 e. The zero-order chi connectivity index (χ0) is 8.81. The third kappa shape index (κ3) is 2.70. The first-order valence-electron chi connectivity index (χ1n) is 3.87. The van der Waals surface area contributed by atoms with Gasteiger partial charge in [-0.25, -0.2) is 0 Å². The number of esters is 1. The van der Waals surface area contributed by atoms with E-state index in [0.29, 0.717) is 13.0 Å². The standard InChI is InChI=1S/C9H11NO2/c1-2-9(11)12-7-8-4-3-5-10-6-8/h3-6H,2,7H2,1H3. The van der Waals surface area contributed by atoms with E-state index in [4.69, 9.17) is 4.74 Å². The summed E-state index contributed by atoms with van der Waals surface area (Å²) >= 11 is 0. The SMILES string of the molecule is CCC(=O)OCc1cccnc1. The van der Waals surface area contributed by atoms with Crippen molar-refractivity contribution in [1.82, 2.24) is 4.98 Å². The Hall–Kier alpha value is -1.38. The van der Waals surface area contributed by atoms with Gasteiger partial charge in [-0.3, -0.25) is 9.78 Å². The van der Waals surface area contributed by atoms with Crippen molar-refractivity contribution >= 4 is 5.97 Å². The van der Waals surface area contributed by atoms with Gasteiger partial charge in [0.1, 0.15) is 6.61 Å². The molecule has 1 rings (SSSR count). The van der Waals surface area contributed by atoms with Gasteiger partial charge >= 0.3 is 5.97 Å². The van der Waals surface area contributed by atoms with Crippen molar-refractivity contribution in [3.05, 3.63) is 30.1 Å². The highest BCUT2D eigenvalue weighted by Crippen LogP contribution is 1.98. The first-order valence-corrected chi connectivity index (χ1v) is 3.87. The van der Waals surface area contributed by atoms with E-state index in [9.17, 15) is 4.79 Å². The maximum atomic E-state index is 10.7. The normalized spacial score (nSPS) is 9.42. The summed E-state index contributed by atoms with van der Waals surface area (Å²) in [5.74, 6) is -0.182. The van der Waals surface area contributed by atoms with E-state index in [1.807, 2.05) is 12.1 Å². The molecule has 0 saturated heterocycles. The van der Waals surface area contributed by atoms with Gasteiger partial charge in [-0.05, 0) is 6.07 Å². The van der Waals surface area contributed by atoms with Crippen LogP contribution in [0.15, 0.2) is 24.5 Å². The largest absolute Gasteiger partial charge is 0.461 e.